The number of carbonyl (C=O) groups excluding carboxylic acids is 2. The van der Waals surface area contributed by atoms with Crippen LogP contribution in [0.3, 0.4) is 0 Å². The third-order valence-corrected chi connectivity index (χ3v) is 4.97. The van der Waals surface area contributed by atoms with Crippen molar-refractivity contribution in [2.24, 2.45) is 5.92 Å². The van der Waals surface area contributed by atoms with Crippen molar-refractivity contribution in [1.82, 2.24) is 10.0 Å². The number of carbonyl (C=O) groups is 2. The van der Waals surface area contributed by atoms with Crippen molar-refractivity contribution < 1.29 is 14.3 Å². The molecule has 3 atom stereocenters. The average Bonchev–Trinajstić information content (AvgIpc) is 3.09. The van der Waals surface area contributed by atoms with Gasteiger partial charge in [0.25, 0.3) is 0 Å². The molecule has 0 spiro atoms. The topological polar surface area (TPSA) is 49.9 Å². The number of esters is 1. The minimum atomic E-state index is -0.336. The molecular formula is C17H21ClN2O3. The van der Waals surface area contributed by atoms with E-state index in [1.165, 1.54) is 0 Å². The number of hydrogen-bond acceptors (Lipinski definition) is 4. The maximum absolute atomic E-state index is 12.3. The zero-order chi connectivity index (χ0) is 16.6. The maximum Gasteiger partial charge on any atom is 0.310 e. The molecule has 6 heteroatoms. The van der Waals surface area contributed by atoms with E-state index in [1.807, 2.05) is 31.2 Å². The van der Waals surface area contributed by atoms with Crippen LogP contribution in [0.2, 0.25) is 5.02 Å². The molecule has 23 heavy (non-hydrogen) atoms. The molecule has 2 saturated heterocycles. The fourth-order valence-corrected chi connectivity index (χ4v) is 3.67. The summed E-state index contributed by atoms with van der Waals surface area (Å²) in [6.07, 6.45) is 1.23. The molecule has 0 aliphatic carbocycles. The van der Waals surface area contributed by atoms with Crippen molar-refractivity contribution in [2.45, 2.75) is 38.8 Å². The Morgan fingerprint density at radius 1 is 1.39 bits per heavy atom. The summed E-state index contributed by atoms with van der Waals surface area (Å²) in [7, 11) is 0. The summed E-state index contributed by atoms with van der Waals surface area (Å²) in [5.74, 6) is -0.492. The summed E-state index contributed by atoms with van der Waals surface area (Å²) in [6.45, 7) is 4.69. The number of benzene rings is 1. The van der Waals surface area contributed by atoms with Gasteiger partial charge in [-0.15, -0.1) is 0 Å². The van der Waals surface area contributed by atoms with E-state index in [2.05, 4.69) is 5.01 Å². The first-order valence-electron chi connectivity index (χ1n) is 8.03. The molecule has 3 rings (SSSR count). The van der Waals surface area contributed by atoms with Crippen molar-refractivity contribution in [2.75, 3.05) is 13.2 Å². The van der Waals surface area contributed by atoms with Crippen LogP contribution in [-0.4, -0.2) is 41.1 Å². The standard InChI is InChI=1S/C17H21ClN2O3/c1-3-23-17(22)11(2)14-10-15(12-4-6-13(18)7-5-12)19-9-8-16(21)20(14)19/h4-7,11,14-15H,3,8-10H2,1-2H3/t11?,14-,15+/m1/s1. The van der Waals surface area contributed by atoms with Gasteiger partial charge in [0.05, 0.1) is 24.6 Å². The number of rotatable bonds is 4. The Hall–Kier alpha value is -1.59. The van der Waals surface area contributed by atoms with Crippen molar-refractivity contribution in [3.05, 3.63) is 34.9 Å². The summed E-state index contributed by atoms with van der Waals surface area (Å²) in [5, 5.41) is 4.56. The molecule has 1 amide bonds. The molecule has 0 aromatic heterocycles. The first kappa shape index (κ1) is 16.3. The first-order valence-corrected chi connectivity index (χ1v) is 8.41. The molecule has 2 fully saturated rings. The summed E-state index contributed by atoms with van der Waals surface area (Å²) < 4.78 is 5.14. The van der Waals surface area contributed by atoms with Crippen molar-refractivity contribution in [1.29, 1.82) is 0 Å². The van der Waals surface area contributed by atoms with Gasteiger partial charge in [0.2, 0.25) is 5.91 Å². The van der Waals surface area contributed by atoms with Gasteiger partial charge in [-0.25, -0.2) is 5.01 Å². The highest BCUT2D eigenvalue weighted by molar-refractivity contribution is 6.30. The zero-order valence-corrected chi connectivity index (χ0v) is 14.1. The maximum atomic E-state index is 12.3. The molecule has 2 aliphatic rings. The van der Waals surface area contributed by atoms with E-state index in [0.717, 1.165) is 12.0 Å². The van der Waals surface area contributed by atoms with Crippen LogP contribution in [0.1, 0.15) is 38.3 Å². The predicted octanol–water partition coefficient (Wildman–Crippen LogP) is 2.80. The van der Waals surface area contributed by atoms with Crippen molar-refractivity contribution in [3.8, 4) is 0 Å². The molecular weight excluding hydrogens is 316 g/mol. The predicted molar refractivity (Wildman–Crippen MR) is 86.6 cm³/mol. The number of hydrazine groups is 1. The Bertz CT molecular complexity index is 604. The van der Waals surface area contributed by atoms with Gasteiger partial charge in [-0.05, 0) is 38.0 Å². The molecule has 124 valence electrons. The number of fused-ring (bicyclic) bond motifs is 1. The number of ether oxygens (including phenoxy) is 1. The first-order chi connectivity index (χ1) is 11.0. The second-order valence-electron chi connectivity index (χ2n) is 6.06. The Kier molecular flexibility index (Phi) is 4.60. The van der Waals surface area contributed by atoms with Crippen LogP contribution in [-0.2, 0) is 14.3 Å². The highest BCUT2D eigenvalue weighted by Crippen LogP contribution is 2.42. The van der Waals surface area contributed by atoms with E-state index < -0.39 is 0 Å². The minimum absolute atomic E-state index is 0.0858. The van der Waals surface area contributed by atoms with E-state index in [9.17, 15) is 9.59 Å². The van der Waals surface area contributed by atoms with E-state index in [-0.39, 0.29) is 29.9 Å². The van der Waals surface area contributed by atoms with Gasteiger partial charge < -0.3 is 4.74 Å². The fraction of sp³-hybridized carbons (Fsp3) is 0.529. The molecule has 1 aromatic carbocycles. The van der Waals surface area contributed by atoms with Crippen LogP contribution in [0, 0.1) is 5.92 Å². The highest BCUT2D eigenvalue weighted by Gasteiger charge is 2.49. The van der Waals surface area contributed by atoms with Gasteiger partial charge in [-0.3, -0.25) is 14.6 Å². The van der Waals surface area contributed by atoms with Gasteiger partial charge in [0.1, 0.15) is 0 Å². The van der Waals surface area contributed by atoms with Crippen molar-refractivity contribution >= 4 is 23.5 Å². The monoisotopic (exact) mass is 336 g/mol. The second-order valence-corrected chi connectivity index (χ2v) is 6.50. The lowest BCUT2D eigenvalue weighted by Gasteiger charge is -2.29. The highest BCUT2D eigenvalue weighted by atomic mass is 35.5. The van der Waals surface area contributed by atoms with Crippen LogP contribution in [0.5, 0.6) is 0 Å². The molecule has 5 nitrogen and oxygen atoms in total. The SMILES string of the molecule is CCOC(=O)C(C)[C@H]1C[C@@H](c2ccc(Cl)cc2)N2CCC(=O)N12. The molecule has 1 aromatic rings. The van der Waals surface area contributed by atoms with Crippen LogP contribution >= 0.6 is 11.6 Å². The number of hydrogen-bond donors (Lipinski definition) is 0. The quantitative estimate of drug-likeness (QED) is 0.793. The minimum Gasteiger partial charge on any atom is -0.466 e. The van der Waals surface area contributed by atoms with Crippen LogP contribution in [0.25, 0.3) is 0 Å². The van der Waals surface area contributed by atoms with Gasteiger partial charge in [-0.1, -0.05) is 23.7 Å². The molecule has 1 unspecified atom stereocenters. The number of halogens is 1. The summed E-state index contributed by atoms with van der Waals surface area (Å²) in [6, 6.07) is 7.66. The molecule has 0 saturated carbocycles. The summed E-state index contributed by atoms with van der Waals surface area (Å²) >= 11 is 5.97. The summed E-state index contributed by atoms with van der Waals surface area (Å²) in [5.41, 5.74) is 1.12. The average molecular weight is 337 g/mol. The Balaban J connectivity index is 1.86. The van der Waals surface area contributed by atoms with Gasteiger partial charge in [0.15, 0.2) is 0 Å². The third kappa shape index (κ3) is 2.95. The van der Waals surface area contributed by atoms with Crippen molar-refractivity contribution in [3.63, 3.8) is 0 Å². The Morgan fingerprint density at radius 2 is 2.09 bits per heavy atom. The van der Waals surface area contributed by atoms with E-state index >= 15 is 0 Å². The third-order valence-electron chi connectivity index (χ3n) is 4.72. The van der Waals surface area contributed by atoms with Gasteiger partial charge >= 0.3 is 5.97 Å². The van der Waals surface area contributed by atoms with E-state index in [0.29, 0.717) is 24.6 Å². The normalized spacial score (nSPS) is 25.5. The van der Waals surface area contributed by atoms with Crippen LogP contribution < -0.4 is 0 Å². The number of nitrogens with zero attached hydrogens (tertiary/aromatic N) is 2. The fourth-order valence-electron chi connectivity index (χ4n) is 3.55. The molecule has 0 bridgehead atoms. The number of amides is 1. The molecule has 2 heterocycles. The lowest BCUT2D eigenvalue weighted by Crippen LogP contribution is -2.43. The lowest BCUT2D eigenvalue weighted by atomic mass is 9.93. The molecule has 0 N–H and O–H groups in total. The molecule has 0 radical (unpaired) electrons. The lowest BCUT2D eigenvalue weighted by molar-refractivity contribution is -0.153. The van der Waals surface area contributed by atoms with E-state index in [4.69, 9.17) is 16.3 Å². The Labute approximate surface area is 141 Å². The molecule has 2 aliphatic heterocycles. The zero-order valence-electron chi connectivity index (χ0n) is 13.4. The van der Waals surface area contributed by atoms with E-state index in [1.54, 1.807) is 11.9 Å². The van der Waals surface area contributed by atoms with Gasteiger partial charge in [0, 0.05) is 18.0 Å². The largest absolute Gasteiger partial charge is 0.466 e. The Morgan fingerprint density at radius 3 is 2.74 bits per heavy atom. The second kappa shape index (κ2) is 6.49. The summed E-state index contributed by atoms with van der Waals surface area (Å²) in [4.78, 5) is 24.4. The van der Waals surface area contributed by atoms with Crippen LogP contribution in [0.15, 0.2) is 24.3 Å². The smallest absolute Gasteiger partial charge is 0.310 e. The van der Waals surface area contributed by atoms with Gasteiger partial charge in [-0.2, -0.15) is 0 Å². The van der Waals surface area contributed by atoms with Crippen LogP contribution in [0.4, 0.5) is 0 Å².